The molecule has 1 amide bonds. The first kappa shape index (κ1) is 15.2. The Bertz CT molecular complexity index is 491. The third-order valence-electron chi connectivity index (χ3n) is 3.04. The molecule has 2 rings (SSSR count). The highest BCUT2D eigenvalue weighted by atomic mass is 79.9. The number of ether oxygens (including phenoxy) is 1. The van der Waals surface area contributed by atoms with Gasteiger partial charge in [0.05, 0.1) is 5.69 Å². The van der Waals surface area contributed by atoms with Crippen LogP contribution in [0.3, 0.4) is 0 Å². The average Bonchev–Trinajstić information content (AvgIpc) is 2.82. The summed E-state index contributed by atoms with van der Waals surface area (Å²) >= 11 is 3.57. The van der Waals surface area contributed by atoms with Gasteiger partial charge in [-0.25, -0.2) is 4.79 Å². The van der Waals surface area contributed by atoms with E-state index in [1.54, 1.807) is 0 Å². The maximum Gasteiger partial charge on any atom is 0.412 e. The second-order valence-electron chi connectivity index (χ2n) is 5.99. The second kappa shape index (κ2) is 6.04. The molecule has 1 aromatic carbocycles. The maximum absolute atomic E-state index is 11.8. The van der Waals surface area contributed by atoms with Gasteiger partial charge in [0.15, 0.2) is 0 Å². The van der Waals surface area contributed by atoms with E-state index >= 15 is 0 Å². The Morgan fingerprint density at radius 3 is 2.55 bits per heavy atom. The molecule has 1 N–H and O–H groups in total. The third-order valence-corrected chi connectivity index (χ3v) is 3.71. The van der Waals surface area contributed by atoms with Crippen LogP contribution in [-0.4, -0.2) is 24.8 Å². The zero-order valence-electron chi connectivity index (χ0n) is 12.2. The highest BCUT2D eigenvalue weighted by Gasteiger charge is 2.18. The van der Waals surface area contributed by atoms with Gasteiger partial charge in [-0.05, 0) is 67.7 Å². The van der Waals surface area contributed by atoms with Crippen LogP contribution in [0, 0.1) is 0 Å². The molecule has 0 aliphatic carbocycles. The minimum atomic E-state index is -0.489. The van der Waals surface area contributed by atoms with E-state index in [2.05, 4.69) is 26.1 Å². The van der Waals surface area contributed by atoms with Crippen LogP contribution in [0.4, 0.5) is 16.2 Å². The van der Waals surface area contributed by atoms with Gasteiger partial charge >= 0.3 is 6.09 Å². The fourth-order valence-electron chi connectivity index (χ4n) is 2.21. The van der Waals surface area contributed by atoms with E-state index in [-0.39, 0.29) is 0 Å². The molecule has 1 aliphatic heterocycles. The molecule has 0 atom stereocenters. The molecule has 1 fully saturated rings. The quantitative estimate of drug-likeness (QED) is 0.867. The highest BCUT2D eigenvalue weighted by molar-refractivity contribution is 9.10. The minimum absolute atomic E-state index is 0.424. The molecule has 0 aromatic heterocycles. The minimum Gasteiger partial charge on any atom is -0.444 e. The molecule has 1 heterocycles. The summed E-state index contributed by atoms with van der Waals surface area (Å²) in [5.41, 5.74) is 1.39. The summed E-state index contributed by atoms with van der Waals surface area (Å²) in [6, 6.07) is 5.81. The summed E-state index contributed by atoms with van der Waals surface area (Å²) in [5, 5.41) is 2.78. The monoisotopic (exact) mass is 340 g/mol. The first-order valence-corrected chi connectivity index (χ1v) is 7.69. The van der Waals surface area contributed by atoms with Crippen molar-refractivity contribution in [3.63, 3.8) is 0 Å². The molecule has 20 heavy (non-hydrogen) atoms. The Morgan fingerprint density at radius 2 is 1.95 bits per heavy atom. The van der Waals surface area contributed by atoms with Crippen LogP contribution in [0.1, 0.15) is 33.6 Å². The number of benzene rings is 1. The maximum atomic E-state index is 11.8. The molecule has 1 aromatic rings. The number of rotatable bonds is 2. The number of amides is 1. The molecule has 110 valence electrons. The lowest BCUT2D eigenvalue weighted by Crippen LogP contribution is -2.27. The Balaban J connectivity index is 2.09. The number of carbonyl (C=O) groups excluding carboxylic acids is 1. The van der Waals surface area contributed by atoms with Gasteiger partial charge in [-0.1, -0.05) is 0 Å². The summed E-state index contributed by atoms with van der Waals surface area (Å²) in [6.07, 6.45) is 2.01. The van der Waals surface area contributed by atoms with Crippen LogP contribution in [0.15, 0.2) is 22.7 Å². The summed E-state index contributed by atoms with van der Waals surface area (Å²) in [4.78, 5) is 14.1. The van der Waals surface area contributed by atoms with Crippen LogP contribution in [0.2, 0.25) is 0 Å². The van der Waals surface area contributed by atoms with Crippen LogP contribution in [0.25, 0.3) is 0 Å². The fraction of sp³-hybridized carbons (Fsp3) is 0.533. The van der Waals surface area contributed by atoms with Gasteiger partial charge < -0.3 is 9.64 Å². The molecular formula is C15H21BrN2O2. The number of anilines is 2. The first-order valence-electron chi connectivity index (χ1n) is 6.90. The van der Waals surface area contributed by atoms with Crippen molar-refractivity contribution in [2.75, 3.05) is 23.3 Å². The standard InChI is InChI=1S/C15H21BrN2O2/c1-15(2,3)20-14(19)17-11-6-7-12(16)13(10-11)18-8-4-5-9-18/h6-7,10H,4-5,8-9H2,1-3H3,(H,17,19). The zero-order valence-corrected chi connectivity index (χ0v) is 13.8. The van der Waals surface area contributed by atoms with E-state index in [1.807, 2.05) is 39.0 Å². The van der Waals surface area contributed by atoms with Gasteiger partial charge in [0, 0.05) is 23.2 Å². The van der Waals surface area contributed by atoms with Crippen molar-refractivity contribution in [1.29, 1.82) is 0 Å². The number of halogens is 1. The predicted octanol–water partition coefficient (Wildman–Crippen LogP) is 4.40. The van der Waals surface area contributed by atoms with Crippen molar-refractivity contribution >= 4 is 33.4 Å². The summed E-state index contributed by atoms with van der Waals surface area (Å²) in [7, 11) is 0. The Hall–Kier alpha value is -1.23. The number of nitrogens with one attached hydrogen (secondary N) is 1. The van der Waals surface area contributed by atoms with Gasteiger partial charge in [-0.2, -0.15) is 0 Å². The lowest BCUT2D eigenvalue weighted by atomic mass is 10.2. The molecule has 0 unspecified atom stereocenters. The van der Waals surface area contributed by atoms with Gasteiger partial charge in [0.25, 0.3) is 0 Å². The summed E-state index contributed by atoms with van der Waals surface area (Å²) in [6.45, 7) is 7.68. The lowest BCUT2D eigenvalue weighted by molar-refractivity contribution is 0.0636. The Kier molecular flexibility index (Phi) is 4.58. The van der Waals surface area contributed by atoms with E-state index in [4.69, 9.17) is 4.74 Å². The van der Waals surface area contributed by atoms with E-state index in [0.29, 0.717) is 0 Å². The zero-order chi connectivity index (χ0) is 14.8. The van der Waals surface area contributed by atoms with E-state index in [0.717, 1.165) is 28.9 Å². The topological polar surface area (TPSA) is 41.6 Å². The lowest BCUT2D eigenvalue weighted by Gasteiger charge is -2.22. The van der Waals surface area contributed by atoms with Crippen molar-refractivity contribution in [3.8, 4) is 0 Å². The molecule has 1 saturated heterocycles. The Morgan fingerprint density at radius 1 is 1.30 bits per heavy atom. The SMILES string of the molecule is CC(C)(C)OC(=O)Nc1ccc(Br)c(N2CCCC2)c1. The summed E-state index contributed by atoms with van der Waals surface area (Å²) < 4.78 is 6.31. The molecule has 4 nitrogen and oxygen atoms in total. The van der Waals surface area contributed by atoms with Crippen LogP contribution >= 0.6 is 15.9 Å². The smallest absolute Gasteiger partial charge is 0.412 e. The second-order valence-corrected chi connectivity index (χ2v) is 6.84. The van der Waals surface area contributed by atoms with Crippen LogP contribution < -0.4 is 10.2 Å². The molecule has 0 saturated carbocycles. The average molecular weight is 341 g/mol. The highest BCUT2D eigenvalue weighted by Crippen LogP contribution is 2.31. The molecule has 5 heteroatoms. The van der Waals surface area contributed by atoms with Crippen molar-refractivity contribution < 1.29 is 9.53 Å². The van der Waals surface area contributed by atoms with Gasteiger partial charge in [-0.3, -0.25) is 5.32 Å². The fourth-order valence-corrected chi connectivity index (χ4v) is 2.71. The van der Waals surface area contributed by atoms with Crippen LogP contribution in [-0.2, 0) is 4.74 Å². The van der Waals surface area contributed by atoms with Gasteiger partial charge in [-0.15, -0.1) is 0 Å². The van der Waals surface area contributed by atoms with Crippen molar-refractivity contribution in [1.82, 2.24) is 0 Å². The number of nitrogens with zero attached hydrogens (tertiary/aromatic N) is 1. The number of hydrogen-bond donors (Lipinski definition) is 1. The molecule has 0 radical (unpaired) electrons. The van der Waals surface area contributed by atoms with Crippen molar-refractivity contribution in [2.24, 2.45) is 0 Å². The van der Waals surface area contributed by atoms with E-state index in [9.17, 15) is 4.79 Å². The van der Waals surface area contributed by atoms with Crippen molar-refractivity contribution in [2.45, 2.75) is 39.2 Å². The molecule has 1 aliphatic rings. The van der Waals surface area contributed by atoms with E-state index < -0.39 is 11.7 Å². The van der Waals surface area contributed by atoms with Gasteiger partial charge in [0.1, 0.15) is 5.60 Å². The summed E-state index contributed by atoms with van der Waals surface area (Å²) in [5.74, 6) is 0. The number of carbonyl (C=O) groups is 1. The molecular weight excluding hydrogens is 320 g/mol. The predicted molar refractivity (Wildman–Crippen MR) is 85.4 cm³/mol. The van der Waals surface area contributed by atoms with Crippen molar-refractivity contribution in [3.05, 3.63) is 22.7 Å². The normalized spacial score (nSPS) is 15.3. The van der Waals surface area contributed by atoms with Crippen LogP contribution in [0.5, 0.6) is 0 Å². The largest absolute Gasteiger partial charge is 0.444 e. The van der Waals surface area contributed by atoms with E-state index in [1.165, 1.54) is 12.8 Å². The molecule has 0 spiro atoms. The van der Waals surface area contributed by atoms with Gasteiger partial charge in [0.2, 0.25) is 0 Å². The number of hydrogen-bond acceptors (Lipinski definition) is 3. The first-order chi connectivity index (χ1) is 9.35. The molecule has 0 bridgehead atoms. The Labute approximate surface area is 128 Å². The third kappa shape index (κ3) is 4.13.